The summed E-state index contributed by atoms with van der Waals surface area (Å²) in [5.74, 6) is 0.453. The zero-order chi connectivity index (χ0) is 10.1. The Balaban J connectivity index is 2.85. The second-order valence-electron chi connectivity index (χ2n) is 2.95. The van der Waals surface area contributed by atoms with Crippen molar-refractivity contribution < 1.29 is 0 Å². The number of nitrogens with zero attached hydrogens (tertiary/aromatic N) is 1. The summed E-state index contributed by atoms with van der Waals surface area (Å²) in [4.78, 5) is 0. The fraction of sp³-hybridized carbons (Fsp3) is 0.100. The highest BCUT2D eigenvalue weighted by Crippen LogP contribution is 2.31. The highest BCUT2D eigenvalue weighted by molar-refractivity contribution is 7.17. The quantitative estimate of drug-likeness (QED) is 0.596. The fourth-order valence-corrected chi connectivity index (χ4v) is 2.73. The van der Waals surface area contributed by atoms with E-state index in [4.69, 9.17) is 22.6 Å². The van der Waals surface area contributed by atoms with Gasteiger partial charge < -0.3 is 5.73 Å². The van der Waals surface area contributed by atoms with Crippen molar-refractivity contribution in [3.8, 4) is 6.07 Å². The maximum absolute atomic E-state index is 8.91. The van der Waals surface area contributed by atoms with Crippen molar-refractivity contribution in [1.29, 1.82) is 5.26 Å². The van der Waals surface area contributed by atoms with Crippen LogP contribution in [-0.2, 0) is 5.88 Å². The molecule has 0 aliphatic heterocycles. The van der Waals surface area contributed by atoms with E-state index in [1.54, 1.807) is 6.07 Å². The molecule has 4 heteroatoms. The van der Waals surface area contributed by atoms with Crippen molar-refractivity contribution in [3.05, 3.63) is 28.6 Å². The first-order valence-corrected chi connectivity index (χ1v) is 5.43. The van der Waals surface area contributed by atoms with Crippen LogP contribution in [0.1, 0.15) is 11.1 Å². The van der Waals surface area contributed by atoms with E-state index in [-0.39, 0.29) is 0 Å². The Labute approximate surface area is 90.5 Å². The molecule has 0 amide bonds. The van der Waals surface area contributed by atoms with Crippen LogP contribution in [0.2, 0.25) is 0 Å². The SMILES string of the molecule is N#Cc1cc(N)cc2c(CCl)csc12. The Morgan fingerprint density at radius 2 is 2.29 bits per heavy atom. The minimum atomic E-state index is 0.453. The van der Waals surface area contributed by atoms with E-state index in [2.05, 4.69) is 6.07 Å². The van der Waals surface area contributed by atoms with Gasteiger partial charge in [-0.3, -0.25) is 0 Å². The predicted molar refractivity (Wildman–Crippen MR) is 60.5 cm³/mol. The van der Waals surface area contributed by atoms with Crippen LogP contribution < -0.4 is 5.73 Å². The lowest BCUT2D eigenvalue weighted by molar-refractivity contribution is 1.49. The number of nitrogens with two attached hydrogens (primary N) is 1. The number of nitriles is 1. The van der Waals surface area contributed by atoms with E-state index < -0.39 is 0 Å². The highest BCUT2D eigenvalue weighted by atomic mass is 35.5. The average Bonchev–Trinajstić information content (AvgIpc) is 2.59. The molecule has 0 spiro atoms. The minimum Gasteiger partial charge on any atom is -0.399 e. The summed E-state index contributed by atoms with van der Waals surface area (Å²) in [5.41, 5.74) is 7.97. The van der Waals surface area contributed by atoms with Gasteiger partial charge >= 0.3 is 0 Å². The third-order valence-electron chi connectivity index (χ3n) is 2.04. The van der Waals surface area contributed by atoms with Gasteiger partial charge in [0.2, 0.25) is 0 Å². The summed E-state index contributed by atoms with van der Waals surface area (Å²) in [6.45, 7) is 0. The smallest absolute Gasteiger partial charge is 0.101 e. The van der Waals surface area contributed by atoms with Crippen molar-refractivity contribution in [2.24, 2.45) is 0 Å². The zero-order valence-corrected chi connectivity index (χ0v) is 8.82. The number of rotatable bonds is 1. The number of thiophene rings is 1. The van der Waals surface area contributed by atoms with Crippen LogP contribution in [0, 0.1) is 11.3 Å². The first-order chi connectivity index (χ1) is 6.76. The minimum absolute atomic E-state index is 0.453. The van der Waals surface area contributed by atoms with Crippen LogP contribution >= 0.6 is 22.9 Å². The molecular weight excluding hydrogens is 216 g/mol. The Morgan fingerprint density at radius 3 is 2.93 bits per heavy atom. The molecule has 2 nitrogen and oxygen atoms in total. The van der Waals surface area contributed by atoms with Crippen LogP contribution in [0.15, 0.2) is 17.5 Å². The van der Waals surface area contributed by atoms with Gasteiger partial charge in [0.05, 0.1) is 10.3 Å². The Bertz CT molecular complexity index is 525. The second kappa shape index (κ2) is 3.49. The molecule has 0 fully saturated rings. The van der Waals surface area contributed by atoms with Crippen LogP contribution in [0.4, 0.5) is 5.69 Å². The summed E-state index contributed by atoms with van der Waals surface area (Å²) >= 11 is 7.31. The van der Waals surface area contributed by atoms with Crippen LogP contribution in [0.25, 0.3) is 10.1 Å². The second-order valence-corrected chi connectivity index (χ2v) is 4.10. The van der Waals surface area contributed by atoms with Gasteiger partial charge in [-0.15, -0.1) is 22.9 Å². The largest absolute Gasteiger partial charge is 0.399 e. The average molecular weight is 223 g/mol. The molecule has 0 bridgehead atoms. The molecule has 0 unspecified atom stereocenters. The Kier molecular flexibility index (Phi) is 2.32. The van der Waals surface area contributed by atoms with Crippen molar-refractivity contribution in [2.75, 3.05) is 5.73 Å². The zero-order valence-electron chi connectivity index (χ0n) is 7.25. The van der Waals surface area contributed by atoms with Gasteiger partial charge in [0.15, 0.2) is 0 Å². The molecule has 0 saturated carbocycles. The van der Waals surface area contributed by atoms with E-state index in [0.29, 0.717) is 17.1 Å². The lowest BCUT2D eigenvalue weighted by atomic mass is 10.1. The third kappa shape index (κ3) is 1.33. The number of anilines is 1. The maximum atomic E-state index is 8.91. The molecule has 0 saturated heterocycles. The topological polar surface area (TPSA) is 49.8 Å². The molecule has 70 valence electrons. The molecular formula is C10H7ClN2S. The van der Waals surface area contributed by atoms with Gasteiger partial charge in [0.1, 0.15) is 6.07 Å². The number of halogens is 1. The summed E-state index contributed by atoms with van der Waals surface area (Å²) in [5, 5.41) is 11.9. The molecule has 1 heterocycles. The molecule has 1 aromatic heterocycles. The fourth-order valence-electron chi connectivity index (χ4n) is 1.40. The predicted octanol–water partition coefficient (Wildman–Crippen LogP) is 3.09. The molecule has 0 aliphatic rings. The Morgan fingerprint density at radius 1 is 1.50 bits per heavy atom. The van der Waals surface area contributed by atoms with Gasteiger partial charge in [-0.1, -0.05) is 0 Å². The van der Waals surface area contributed by atoms with Crippen LogP contribution in [-0.4, -0.2) is 0 Å². The van der Waals surface area contributed by atoms with Crippen LogP contribution in [0.5, 0.6) is 0 Å². The summed E-state index contributed by atoms with van der Waals surface area (Å²) in [6, 6.07) is 5.69. The molecule has 1 aromatic carbocycles. The summed E-state index contributed by atoms with van der Waals surface area (Å²) < 4.78 is 0.970. The summed E-state index contributed by atoms with van der Waals surface area (Å²) in [6.07, 6.45) is 0. The highest BCUT2D eigenvalue weighted by Gasteiger charge is 2.08. The molecule has 2 rings (SSSR count). The summed E-state index contributed by atoms with van der Waals surface area (Å²) in [7, 11) is 0. The van der Waals surface area contributed by atoms with E-state index >= 15 is 0 Å². The molecule has 0 atom stereocenters. The maximum Gasteiger partial charge on any atom is 0.101 e. The normalized spacial score (nSPS) is 10.3. The van der Waals surface area contributed by atoms with Crippen LogP contribution in [0.3, 0.4) is 0 Å². The number of hydrogen-bond donors (Lipinski definition) is 1. The lowest BCUT2D eigenvalue weighted by Crippen LogP contribution is -1.86. The molecule has 0 aliphatic carbocycles. The monoisotopic (exact) mass is 222 g/mol. The van der Waals surface area contributed by atoms with Crippen molar-refractivity contribution in [3.63, 3.8) is 0 Å². The number of fused-ring (bicyclic) bond motifs is 1. The van der Waals surface area contributed by atoms with Gasteiger partial charge in [-0.25, -0.2) is 0 Å². The van der Waals surface area contributed by atoms with Gasteiger partial charge in [-0.2, -0.15) is 5.26 Å². The number of nitrogen functional groups attached to an aromatic ring is 1. The standard InChI is InChI=1S/C10H7ClN2S/c11-3-7-5-14-10-6(4-12)1-8(13)2-9(7)10/h1-2,5H,3,13H2. The van der Waals surface area contributed by atoms with E-state index in [1.807, 2.05) is 11.4 Å². The third-order valence-corrected chi connectivity index (χ3v) is 3.41. The van der Waals surface area contributed by atoms with E-state index in [9.17, 15) is 0 Å². The molecule has 0 radical (unpaired) electrons. The first-order valence-electron chi connectivity index (χ1n) is 4.02. The van der Waals surface area contributed by atoms with Crippen molar-refractivity contribution in [2.45, 2.75) is 5.88 Å². The lowest BCUT2D eigenvalue weighted by Gasteiger charge is -1.98. The van der Waals surface area contributed by atoms with E-state index in [1.165, 1.54) is 11.3 Å². The van der Waals surface area contributed by atoms with Gasteiger partial charge in [0, 0.05) is 17.0 Å². The number of alkyl halides is 1. The number of hydrogen-bond acceptors (Lipinski definition) is 3. The van der Waals surface area contributed by atoms with Gasteiger partial charge in [0.25, 0.3) is 0 Å². The first kappa shape index (κ1) is 9.32. The van der Waals surface area contributed by atoms with Crippen molar-refractivity contribution in [1.82, 2.24) is 0 Å². The molecule has 14 heavy (non-hydrogen) atoms. The van der Waals surface area contributed by atoms with Crippen molar-refractivity contribution >= 4 is 38.7 Å². The number of benzene rings is 1. The Hall–Kier alpha value is -1.24. The van der Waals surface area contributed by atoms with Gasteiger partial charge in [-0.05, 0) is 23.1 Å². The van der Waals surface area contributed by atoms with E-state index in [0.717, 1.165) is 15.6 Å². The molecule has 2 aromatic rings. The molecule has 2 N–H and O–H groups in total.